The van der Waals surface area contributed by atoms with E-state index in [1.165, 1.54) is 4.90 Å². The van der Waals surface area contributed by atoms with Crippen molar-refractivity contribution in [2.75, 3.05) is 13.6 Å². The van der Waals surface area contributed by atoms with Crippen molar-refractivity contribution in [3.8, 4) is 0 Å². The first-order valence-corrected chi connectivity index (χ1v) is 5.88. The normalized spacial score (nSPS) is 16.5. The highest BCUT2D eigenvalue weighted by atomic mass is 19.4. The van der Waals surface area contributed by atoms with Gasteiger partial charge in [-0.1, -0.05) is 5.16 Å². The van der Waals surface area contributed by atoms with Crippen molar-refractivity contribution in [2.24, 2.45) is 0 Å². The minimum absolute atomic E-state index is 0.0319. The molecule has 18 heavy (non-hydrogen) atoms. The smallest absolute Gasteiger partial charge is 0.360 e. The van der Waals surface area contributed by atoms with Crippen LogP contribution in [0.25, 0.3) is 0 Å². The topological polar surface area (TPSA) is 41.3 Å². The first-order chi connectivity index (χ1) is 8.48. The summed E-state index contributed by atoms with van der Waals surface area (Å²) in [6, 6.07) is 1.73. The summed E-state index contributed by atoms with van der Waals surface area (Å²) < 4.78 is 42.3. The minimum atomic E-state index is -4.17. The lowest BCUT2D eigenvalue weighted by atomic mass is 10.3. The summed E-state index contributed by atoms with van der Waals surface area (Å²) in [5.41, 5.74) is 0.704. The average molecular weight is 263 g/mol. The van der Waals surface area contributed by atoms with Crippen LogP contribution in [0.5, 0.6) is 0 Å². The second-order valence-corrected chi connectivity index (χ2v) is 4.57. The molecule has 1 aromatic rings. The van der Waals surface area contributed by atoms with Gasteiger partial charge in [0.05, 0.1) is 18.8 Å². The molecule has 0 spiro atoms. The van der Waals surface area contributed by atoms with Crippen LogP contribution in [0.2, 0.25) is 0 Å². The van der Waals surface area contributed by atoms with E-state index in [4.69, 9.17) is 4.52 Å². The van der Waals surface area contributed by atoms with Crippen molar-refractivity contribution in [2.45, 2.75) is 38.1 Å². The van der Waals surface area contributed by atoms with Crippen LogP contribution in [0.15, 0.2) is 10.6 Å². The highest BCUT2D eigenvalue weighted by Gasteiger charge is 2.38. The lowest BCUT2D eigenvalue weighted by Gasteiger charge is -2.21. The molecule has 7 heteroatoms. The van der Waals surface area contributed by atoms with Crippen LogP contribution in [-0.4, -0.2) is 35.9 Å². The molecule has 102 valence electrons. The van der Waals surface area contributed by atoms with E-state index < -0.39 is 12.7 Å². The number of alkyl halides is 3. The quantitative estimate of drug-likeness (QED) is 0.851. The third-order valence-electron chi connectivity index (χ3n) is 2.77. The molecule has 1 aliphatic carbocycles. The number of aromatic nitrogens is 1. The molecular formula is C11H16F3N3O. The number of halogens is 3. The lowest BCUT2D eigenvalue weighted by molar-refractivity contribution is -0.149. The van der Waals surface area contributed by atoms with E-state index in [1.807, 2.05) is 0 Å². The summed E-state index contributed by atoms with van der Waals surface area (Å²) >= 11 is 0. The molecule has 0 atom stereocenters. The Morgan fingerprint density at radius 2 is 2.22 bits per heavy atom. The fourth-order valence-corrected chi connectivity index (χ4v) is 1.88. The Balaban J connectivity index is 1.95. The molecule has 0 unspecified atom stereocenters. The van der Waals surface area contributed by atoms with Gasteiger partial charge in [0.1, 0.15) is 0 Å². The van der Waals surface area contributed by atoms with Gasteiger partial charge in [0, 0.05) is 18.7 Å². The second-order valence-electron chi connectivity index (χ2n) is 4.57. The Morgan fingerprint density at radius 1 is 1.50 bits per heavy atom. The molecule has 0 radical (unpaired) electrons. The van der Waals surface area contributed by atoms with Gasteiger partial charge in [-0.05, 0) is 19.9 Å². The van der Waals surface area contributed by atoms with E-state index in [0.717, 1.165) is 12.8 Å². The van der Waals surface area contributed by atoms with E-state index in [1.54, 1.807) is 13.1 Å². The third kappa shape index (κ3) is 3.99. The predicted octanol–water partition coefficient (Wildman–Crippen LogP) is 1.92. The van der Waals surface area contributed by atoms with Crippen LogP contribution in [0, 0.1) is 0 Å². The fraction of sp³-hybridized carbons (Fsp3) is 0.727. The monoisotopic (exact) mass is 263 g/mol. The van der Waals surface area contributed by atoms with Crippen molar-refractivity contribution >= 4 is 0 Å². The van der Waals surface area contributed by atoms with Crippen molar-refractivity contribution in [3.63, 3.8) is 0 Å². The number of hydrogen-bond donors (Lipinski definition) is 1. The zero-order valence-corrected chi connectivity index (χ0v) is 10.1. The Morgan fingerprint density at radius 3 is 2.78 bits per heavy atom. The molecule has 1 aliphatic rings. The molecule has 1 N–H and O–H groups in total. The molecule has 1 aromatic heterocycles. The molecule has 4 nitrogen and oxygen atoms in total. The molecule has 0 aromatic carbocycles. The van der Waals surface area contributed by atoms with Gasteiger partial charge < -0.3 is 9.84 Å². The minimum Gasteiger partial charge on any atom is -0.360 e. The molecule has 0 bridgehead atoms. The van der Waals surface area contributed by atoms with E-state index in [-0.39, 0.29) is 12.6 Å². The standard InChI is InChI=1S/C11H16F3N3O/c1-15-5-8-4-10(18-16-8)6-17(9-2-3-9)7-11(12,13)14/h4,9,15H,2-3,5-7H2,1H3. The van der Waals surface area contributed by atoms with Gasteiger partial charge >= 0.3 is 6.18 Å². The van der Waals surface area contributed by atoms with Crippen LogP contribution in [0.1, 0.15) is 24.3 Å². The summed E-state index contributed by atoms with van der Waals surface area (Å²) in [5, 5.41) is 6.70. The molecule has 1 fully saturated rings. The number of nitrogens with zero attached hydrogens (tertiary/aromatic N) is 2. The van der Waals surface area contributed by atoms with E-state index in [0.29, 0.717) is 18.0 Å². The van der Waals surface area contributed by atoms with Gasteiger partial charge in [0.15, 0.2) is 5.76 Å². The zero-order valence-electron chi connectivity index (χ0n) is 10.1. The molecule has 0 saturated heterocycles. The van der Waals surface area contributed by atoms with Crippen LogP contribution < -0.4 is 5.32 Å². The zero-order chi connectivity index (χ0) is 13.2. The van der Waals surface area contributed by atoms with Crippen LogP contribution >= 0.6 is 0 Å². The molecule has 0 amide bonds. The Hall–Kier alpha value is -1.08. The summed E-state index contributed by atoms with van der Waals surface area (Å²) in [6.45, 7) is -0.174. The maximum atomic E-state index is 12.4. The Labute approximate surface area is 103 Å². The van der Waals surface area contributed by atoms with Crippen LogP contribution in [-0.2, 0) is 13.1 Å². The number of hydrogen-bond acceptors (Lipinski definition) is 4. The van der Waals surface area contributed by atoms with E-state index in [9.17, 15) is 13.2 Å². The van der Waals surface area contributed by atoms with Gasteiger partial charge in [-0.15, -0.1) is 0 Å². The number of nitrogens with one attached hydrogen (secondary N) is 1. The summed E-state index contributed by atoms with van der Waals surface area (Å²) in [7, 11) is 1.77. The predicted molar refractivity (Wildman–Crippen MR) is 58.8 cm³/mol. The Bertz CT molecular complexity index is 387. The highest BCUT2D eigenvalue weighted by Crippen LogP contribution is 2.31. The third-order valence-corrected chi connectivity index (χ3v) is 2.77. The van der Waals surface area contributed by atoms with Gasteiger partial charge in [-0.25, -0.2) is 0 Å². The van der Waals surface area contributed by atoms with E-state index >= 15 is 0 Å². The van der Waals surface area contributed by atoms with Crippen molar-refractivity contribution < 1.29 is 17.7 Å². The summed E-state index contributed by atoms with van der Waals surface area (Å²) in [5.74, 6) is 0.483. The number of rotatable bonds is 6. The SMILES string of the molecule is CNCc1cc(CN(CC(F)(F)F)C2CC2)on1. The van der Waals surface area contributed by atoms with E-state index in [2.05, 4.69) is 10.5 Å². The van der Waals surface area contributed by atoms with Crippen LogP contribution in [0.3, 0.4) is 0 Å². The largest absolute Gasteiger partial charge is 0.401 e. The summed E-state index contributed by atoms with van der Waals surface area (Å²) in [6.07, 6.45) is -2.52. The maximum absolute atomic E-state index is 12.4. The van der Waals surface area contributed by atoms with Gasteiger partial charge in [-0.2, -0.15) is 13.2 Å². The average Bonchev–Trinajstić information content (AvgIpc) is 3.00. The van der Waals surface area contributed by atoms with Gasteiger partial charge in [0.2, 0.25) is 0 Å². The van der Waals surface area contributed by atoms with Gasteiger partial charge in [0.25, 0.3) is 0 Å². The first kappa shape index (κ1) is 13.4. The Kier molecular flexibility index (Phi) is 3.91. The van der Waals surface area contributed by atoms with Crippen molar-refractivity contribution in [3.05, 3.63) is 17.5 Å². The first-order valence-electron chi connectivity index (χ1n) is 5.88. The van der Waals surface area contributed by atoms with Crippen molar-refractivity contribution in [1.29, 1.82) is 0 Å². The molecule has 2 rings (SSSR count). The highest BCUT2D eigenvalue weighted by molar-refractivity contribution is 5.06. The summed E-state index contributed by atoms with van der Waals surface area (Å²) in [4.78, 5) is 1.41. The molecule has 1 saturated carbocycles. The molecule has 1 heterocycles. The molecule has 0 aliphatic heterocycles. The second kappa shape index (κ2) is 5.27. The van der Waals surface area contributed by atoms with Crippen LogP contribution in [0.4, 0.5) is 13.2 Å². The fourth-order valence-electron chi connectivity index (χ4n) is 1.88. The molecular weight excluding hydrogens is 247 g/mol. The van der Waals surface area contributed by atoms with Crippen molar-refractivity contribution in [1.82, 2.24) is 15.4 Å². The maximum Gasteiger partial charge on any atom is 0.401 e. The van der Waals surface area contributed by atoms with Gasteiger partial charge in [-0.3, -0.25) is 4.90 Å². The lowest BCUT2D eigenvalue weighted by Crippen LogP contribution is -2.35.